The first-order valence-corrected chi connectivity index (χ1v) is 11.3. The Balaban J connectivity index is 0.00000259. The Labute approximate surface area is 189 Å². The predicted octanol–water partition coefficient (Wildman–Crippen LogP) is 4.55. The van der Waals surface area contributed by atoms with Gasteiger partial charge < -0.3 is 14.7 Å². The van der Waals surface area contributed by atoms with Crippen molar-refractivity contribution < 1.29 is 16.1 Å². The molecule has 6 nitrogen and oxygen atoms in total. The molecule has 32 heavy (non-hydrogen) atoms. The Bertz CT molecular complexity index is 1150. The number of aryl methyl sites for hydroxylation is 1. The van der Waals surface area contributed by atoms with Crippen LogP contribution in [0.3, 0.4) is 0 Å². The van der Waals surface area contributed by atoms with Crippen molar-refractivity contribution in [3.8, 4) is 17.0 Å². The molecule has 1 atom stereocenters. The Morgan fingerprint density at radius 3 is 2.50 bits per heavy atom. The Morgan fingerprint density at radius 1 is 1.12 bits per heavy atom. The molecule has 5 rings (SSSR count). The van der Waals surface area contributed by atoms with Gasteiger partial charge in [0.05, 0.1) is 18.0 Å². The Hall–Kier alpha value is -3.12. The second-order valence-corrected chi connectivity index (χ2v) is 9.23. The lowest BCUT2D eigenvalue weighted by atomic mass is 9.81. The molecular formula is C26H31N3O3. The van der Waals surface area contributed by atoms with Crippen LogP contribution in [0.4, 0.5) is 0 Å². The number of hydrogen-bond donors (Lipinski definition) is 1. The van der Waals surface area contributed by atoms with Crippen LogP contribution in [-0.4, -0.2) is 38.8 Å². The fourth-order valence-corrected chi connectivity index (χ4v) is 4.94. The number of nitrogens with zero attached hydrogens (tertiary/aromatic N) is 3. The SMILES string of the molecule is CC(C)C(O)c1ccc(C(=O)N2CCC3(CC2)Oc2ccccc2-c2c3cnn2C)cc1.[HH]. The van der Waals surface area contributed by atoms with Crippen molar-refractivity contribution in [3.63, 3.8) is 0 Å². The van der Waals surface area contributed by atoms with E-state index in [2.05, 4.69) is 11.2 Å². The molecule has 3 aromatic rings. The molecular weight excluding hydrogens is 402 g/mol. The van der Waals surface area contributed by atoms with E-state index in [0.29, 0.717) is 18.7 Å². The fourth-order valence-electron chi connectivity index (χ4n) is 4.94. The van der Waals surface area contributed by atoms with Crippen LogP contribution >= 0.6 is 0 Å². The number of rotatable bonds is 3. The van der Waals surface area contributed by atoms with Crippen molar-refractivity contribution in [1.29, 1.82) is 0 Å². The number of aliphatic hydroxyl groups excluding tert-OH is 1. The van der Waals surface area contributed by atoms with E-state index in [1.807, 2.05) is 79.1 Å². The number of carbonyl (C=O) groups is 1. The normalized spacial score (nSPS) is 17.6. The van der Waals surface area contributed by atoms with Gasteiger partial charge in [0.15, 0.2) is 0 Å². The highest BCUT2D eigenvalue weighted by Crippen LogP contribution is 2.49. The van der Waals surface area contributed by atoms with Gasteiger partial charge in [0.2, 0.25) is 0 Å². The molecule has 0 aliphatic carbocycles. The number of carbonyl (C=O) groups excluding carboxylic acids is 1. The summed E-state index contributed by atoms with van der Waals surface area (Å²) in [5.74, 6) is 1.03. The molecule has 1 amide bonds. The number of fused-ring (bicyclic) bond motifs is 4. The molecule has 0 saturated carbocycles. The molecule has 2 aliphatic rings. The third kappa shape index (κ3) is 3.30. The number of aliphatic hydroxyl groups is 1. The maximum absolute atomic E-state index is 13.1. The van der Waals surface area contributed by atoms with Crippen molar-refractivity contribution in [3.05, 3.63) is 71.4 Å². The van der Waals surface area contributed by atoms with Gasteiger partial charge >= 0.3 is 0 Å². The second kappa shape index (κ2) is 7.78. The van der Waals surface area contributed by atoms with Crippen LogP contribution in [-0.2, 0) is 12.6 Å². The van der Waals surface area contributed by atoms with Crippen LogP contribution in [0, 0.1) is 5.92 Å². The molecule has 6 heteroatoms. The monoisotopic (exact) mass is 433 g/mol. The highest BCUT2D eigenvalue weighted by Gasteiger charge is 2.45. The zero-order valence-electron chi connectivity index (χ0n) is 18.8. The first-order chi connectivity index (χ1) is 15.4. The van der Waals surface area contributed by atoms with Crippen LogP contribution in [0.25, 0.3) is 11.3 Å². The Morgan fingerprint density at radius 2 is 1.81 bits per heavy atom. The average Bonchev–Trinajstić information content (AvgIpc) is 3.21. The third-order valence-electron chi connectivity index (χ3n) is 6.87. The van der Waals surface area contributed by atoms with Gasteiger partial charge in [0, 0.05) is 51.1 Å². The highest BCUT2D eigenvalue weighted by molar-refractivity contribution is 5.94. The van der Waals surface area contributed by atoms with Crippen LogP contribution in [0.15, 0.2) is 54.7 Å². The number of hydrogen-bond acceptors (Lipinski definition) is 4. The minimum atomic E-state index is -0.519. The number of aromatic nitrogens is 2. The van der Waals surface area contributed by atoms with Gasteiger partial charge in [-0.05, 0) is 35.7 Å². The summed E-state index contributed by atoms with van der Waals surface area (Å²) < 4.78 is 8.50. The molecule has 1 spiro atoms. The summed E-state index contributed by atoms with van der Waals surface area (Å²) in [6.07, 6.45) is 2.84. The summed E-state index contributed by atoms with van der Waals surface area (Å²) in [6, 6.07) is 15.4. The molecule has 1 unspecified atom stereocenters. The fraction of sp³-hybridized carbons (Fsp3) is 0.385. The van der Waals surface area contributed by atoms with Gasteiger partial charge in [0.1, 0.15) is 11.4 Å². The average molecular weight is 434 g/mol. The summed E-state index contributed by atoms with van der Waals surface area (Å²) >= 11 is 0. The lowest BCUT2D eigenvalue weighted by Crippen LogP contribution is -2.49. The van der Waals surface area contributed by atoms with Gasteiger partial charge in [-0.3, -0.25) is 9.48 Å². The van der Waals surface area contributed by atoms with E-state index in [4.69, 9.17) is 4.74 Å². The van der Waals surface area contributed by atoms with Gasteiger partial charge in [-0.15, -0.1) is 0 Å². The smallest absolute Gasteiger partial charge is 0.253 e. The van der Waals surface area contributed by atoms with Crippen molar-refractivity contribution in [2.75, 3.05) is 13.1 Å². The molecule has 1 aromatic heterocycles. The maximum Gasteiger partial charge on any atom is 0.253 e. The van der Waals surface area contributed by atoms with Gasteiger partial charge in [-0.25, -0.2) is 0 Å². The van der Waals surface area contributed by atoms with Crippen molar-refractivity contribution in [2.45, 2.75) is 38.4 Å². The molecule has 0 radical (unpaired) electrons. The van der Waals surface area contributed by atoms with Crippen molar-refractivity contribution >= 4 is 5.91 Å². The molecule has 1 N–H and O–H groups in total. The molecule has 1 fully saturated rings. The molecule has 0 bridgehead atoms. The summed E-state index contributed by atoms with van der Waals surface area (Å²) in [6.45, 7) is 5.19. The number of amides is 1. The number of para-hydroxylation sites is 1. The highest BCUT2D eigenvalue weighted by atomic mass is 16.5. The van der Waals surface area contributed by atoms with E-state index >= 15 is 0 Å². The number of likely N-dealkylation sites (tertiary alicyclic amines) is 1. The predicted molar refractivity (Wildman–Crippen MR) is 124 cm³/mol. The van der Waals surface area contributed by atoms with Gasteiger partial charge in [0.25, 0.3) is 5.91 Å². The number of ether oxygens (including phenoxy) is 1. The van der Waals surface area contributed by atoms with Gasteiger partial charge in [-0.1, -0.05) is 38.1 Å². The van der Waals surface area contributed by atoms with Crippen LogP contribution < -0.4 is 4.74 Å². The Kier molecular flexibility index (Phi) is 5.05. The van der Waals surface area contributed by atoms with Gasteiger partial charge in [-0.2, -0.15) is 5.10 Å². The minimum Gasteiger partial charge on any atom is -0.482 e. The van der Waals surface area contributed by atoms with E-state index in [9.17, 15) is 9.90 Å². The summed E-state index contributed by atoms with van der Waals surface area (Å²) in [5, 5.41) is 14.8. The largest absolute Gasteiger partial charge is 0.482 e. The van der Waals surface area contributed by atoms with E-state index in [1.54, 1.807) is 0 Å². The lowest BCUT2D eigenvalue weighted by molar-refractivity contribution is -0.00172. The first-order valence-electron chi connectivity index (χ1n) is 11.3. The number of piperidine rings is 1. The summed E-state index contributed by atoms with van der Waals surface area (Å²) in [7, 11) is 1.97. The standard InChI is InChI=1S/C26H29N3O3.H2/c1-17(2)24(30)18-8-10-19(11-9-18)25(31)29-14-12-26(13-15-29)21-16-27-28(3)23(21)20-6-4-5-7-22(20)32-26;/h4-11,16-17,24,30H,12-15H2,1-3H3;1H. The summed E-state index contributed by atoms with van der Waals surface area (Å²) in [4.78, 5) is 15.0. The summed E-state index contributed by atoms with van der Waals surface area (Å²) in [5.41, 5.74) is 4.31. The molecule has 3 heterocycles. The van der Waals surface area contributed by atoms with Crippen LogP contribution in [0.1, 0.15) is 55.7 Å². The topological polar surface area (TPSA) is 67.6 Å². The lowest BCUT2D eigenvalue weighted by Gasteiger charge is -2.44. The van der Waals surface area contributed by atoms with Crippen LogP contribution in [0.2, 0.25) is 0 Å². The zero-order valence-corrected chi connectivity index (χ0v) is 18.8. The molecule has 168 valence electrons. The minimum absolute atomic E-state index is 0. The number of benzene rings is 2. The van der Waals surface area contributed by atoms with E-state index in [-0.39, 0.29) is 13.3 Å². The van der Waals surface area contributed by atoms with Crippen molar-refractivity contribution in [1.82, 2.24) is 14.7 Å². The van der Waals surface area contributed by atoms with E-state index in [1.165, 1.54) is 0 Å². The first kappa shape index (κ1) is 20.8. The second-order valence-electron chi connectivity index (χ2n) is 9.23. The van der Waals surface area contributed by atoms with E-state index < -0.39 is 11.7 Å². The zero-order chi connectivity index (χ0) is 22.5. The quantitative estimate of drug-likeness (QED) is 0.658. The molecule has 2 aliphatic heterocycles. The molecule has 1 saturated heterocycles. The maximum atomic E-state index is 13.1. The van der Waals surface area contributed by atoms with Crippen molar-refractivity contribution in [2.24, 2.45) is 13.0 Å². The third-order valence-corrected chi connectivity index (χ3v) is 6.87. The molecule has 2 aromatic carbocycles. The van der Waals surface area contributed by atoms with Crippen LogP contribution in [0.5, 0.6) is 5.75 Å². The van der Waals surface area contributed by atoms with E-state index in [0.717, 1.165) is 41.0 Å².